The Balaban J connectivity index is 2.09. The molecule has 100 valence electrons. The molecular weight excluding hydrogens is 299 g/mol. The van der Waals surface area contributed by atoms with Crippen molar-refractivity contribution >= 4 is 15.9 Å². The molecule has 18 heavy (non-hydrogen) atoms. The van der Waals surface area contributed by atoms with Crippen LogP contribution in [-0.4, -0.2) is 19.3 Å². The molecule has 3 nitrogen and oxygen atoms in total. The van der Waals surface area contributed by atoms with Gasteiger partial charge in [0, 0.05) is 11.6 Å². The summed E-state index contributed by atoms with van der Waals surface area (Å²) in [5, 5.41) is 0. The highest BCUT2D eigenvalue weighted by molar-refractivity contribution is 9.10. The van der Waals surface area contributed by atoms with Gasteiger partial charge in [-0.25, -0.2) is 4.39 Å². The van der Waals surface area contributed by atoms with Crippen molar-refractivity contribution in [1.29, 1.82) is 0 Å². The molecule has 0 radical (unpaired) electrons. The third-order valence-electron chi connectivity index (χ3n) is 3.42. The maximum absolute atomic E-state index is 13.0. The smallest absolute Gasteiger partial charge is 0.124 e. The number of ether oxygens (including phenoxy) is 1. The highest BCUT2D eigenvalue weighted by atomic mass is 79.9. The Hall–Kier alpha value is -0.490. The molecule has 2 unspecified atom stereocenters. The molecule has 1 saturated carbocycles. The summed E-state index contributed by atoms with van der Waals surface area (Å²) in [7, 11) is 1.72. The summed E-state index contributed by atoms with van der Waals surface area (Å²) in [5.41, 5.74) is 3.85. The zero-order valence-corrected chi connectivity index (χ0v) is 11.9. The van der Waals surface area contributed by atoms with Gasteiger partial charge in [0.2, 0.25) is 0 Å². The van der Waals surface area contributed by atoms with Gasteiger partial charge in [0.15, 0.2) is 0 Å². The lowest BCUT2D eigenvalue weighted by atomic mass is 9.99. The minimum absolute atomic E-state index is 0.0456. The lowest BCUT2D eigenvalue weighted by molar-refractivity contribution is 0.0510. The Labute approximate surface area is 115 Å². The fourth-order valence-corrected chi connectivity index (χ4v) is 2.82. The number of halogens is 2. The van der Waals surface area contributed by atoms with Gasteiger partial charge in [0.25, 0.3) is 0 Å². The van der Waals surface area contributed by atoms with E-state index >= 15 is 0 Å². The van der Waals surface area contributed by atoms with E-state index in [1.807, 2.05) is 0 Å². The van der Waals surface area contributed by atoms with E-state index in [2.05, 4.69) is 21.4 Å². The Morgan fingerprint density at radius 3 is 2.78 bits per heavy atom. The van der Waals surface area contributed by atoms with Crippen molar-refractivity contribution in [1.82, 2.24) is 5.43 Å². The summed E-state index contributed by atoms with van der Waals surface area (Å²) in [6, 6.07) is 4.77. The number of nitrogens with one attached hydrogen (secondary N) is 1. The standard InChI is InChI=1S/C13H18BrFN2O/c1-18-13(8-2-3-8)12(17-16)6-9-4-5-10(15)7-11(9)14/h4-5,7-8,12-13,17H,2-3,6,16H2,1H3. The van der Waals surface area contributed by atoms with Crippen LogP contribution < -0.4 is 11.3 Å². The maximum Gasteiger partial charge on any atom is 0.124 e. The van der Waals surface area contributed by atoms with Crippen molar-refractivity contribution in [2.75, 3.05) is 7.11 Å². The third kappa shape index (κ3) is 3.29. The van der Waals surface area contributed by atoms with E-state index < -0.39 is 0 Å². The van der Waals surface area contributed by atoms with Crippen LogP contribution in [0.3, 0.4) is 0 Å². The second-order valence-corrected chi connectivity index (χ2v) is 5.61. The second-order valence-electron chi connectivity index (χ2n) is 4.75. The fourth-order valence-electron chi connectivity index (χ4n) is 2.30. The summed E-state index contributed by atoms with van der Waals surface area (Å²) in [6.45, 7) is 0. The Bertz CT molecular complexity index is 412. The molecule has 1 aliphatic carbocycles. The minimum Gasteiger partial charge on any atom is -0.379 e. The largest absolute Gasteiger partial charge is 0.379 e. The molecule has 0 aromatic heterocycles. The van der Waals surface area contributed by atoms with Crippen molar-refractivity contribution in [2.24, 2.45) is 11.8 Å². The van der Waals surface area contributed by atoms with Crippen LogP contribution >= 0.6 is 15.9 Å². The normalized spacial score (nSPS) is 18.7. The monoisotopic (exact) mass is 316 g/mol. The van der Waals surface area contributed by atoms with Crippen LogP contribution in [0.4, 0.5) is 4.39 Å². The number of hydrogen-bond donors (Lipinski definition) is 2. The zero-order chi connectivity index (χ0) is 13.1. The molecule has 1 aliphatic rings. The van der Waals surface area contributed by atoms with Gasteiger partial charge in [-0.2, -0.15) is 0 Å². The average Bonchev–Trinajstić information content (AvgIpc) is 3.16. The number of nitrogens with two attached hydrogens (primary N) is 1. The molecule has 5 heteroatoms. The van der Waals surface area contributed by atoms with Crippen LogP contribution in [0.25, 0.3) is 0 Å². The van der Waals surface area contributed by atoms with Gasteiger partial charge in [-0.3, -0.25) is 11.3 Å². The third-order valence-corrected chi connectivity index (χ3v) is 4.16. The quantitative estimate of drug-likeness (QED) is 0.626. The highest BCUT2D eigenvalue weighted by Crippen LogP contribution is 2.36. The van der Waals surface area contributed by atoms with Crippen molar-refractivity contribution < 1.29 is 9.13 Å². The van der Waals surface area contributed by atoms with Gasteiger partial charge in [0.05, 0.1) is 12.1 Å². The topological polar surface area (TPSA) is 47.3 Å². The van der Waals surface area contributed by atoms with Gasteiger partial charge in [-0.1, -0.05) is 22.0 Å². The van der Waals surface area contributed by atoms with Crippen LogP contribution in [0, 0.1) is 11.7 Å². The fraction of sp³-hybridized carbons (Fsp3) is 0.538. The molecule has 1 aromatic carbocycles. The van der Waals surface area contributed by atoms with E-state index in [4.69, 9.17) is 10.6 Å². The van der Waals surface area contributed by atoms with Crippen molar-refractivity contribution in [2.45, 2.75) is 31.4 Å². The Kier molecular flexibility index (Phi) is 4.72. The number of rotatable bonds is 6. The zero-order valence-electron chi connectivity index (χ0n) is 10.3. The summed E-state index contributed by atoms with van der Waals surface area (Å²) < 4.78 is 19.3. The first-order valence-corrected chi connectivity index (χ1v) is 6.88. The summed E-state index contributed by atoms with van der Waals surface area (Å²) in [4.78, 5) is 0. The lowest BCUT2D eigenvalue weighted by Gasteiger charge is -2.25. The predicted octanol–water partition coefficient (Wildman–Crippen LogP) is 2.39. The van der Waals surface area contributed by atoms with E-state index in [0.29, 0.717) is 12.3 Å². The molecule has 0 heterocycles. The molecule has 1 aromatic rings. The van der Waals surface area contributed by atoms with E-state index in [1.165, 1.54) is 25.0 Å². The van der Waals surface area contributed by atoms with Crippen LogP contribution in [0.1, 0.15) is 18.4 Å². The Morgan fingerprint density at radius 1 is 1.56 bits per heavy atom. The average molecular weight is 317 g/mol. The number of methoxy groups -OCH3 is 1. The van der Waals surface area contributed by atoms with Crippen molar-refractivity contribution in [3.05, 3.63) is 34.1 Å². The molecule has 1 fully saturated rings. The second kappa shape index (κ2) is 6.10. The molecule has 0 saturated heterocycles. The molecule has 2 atom stereocenters. The first-order valence-electron chi connectivity index (χ1n) is 6.08. The van der Waals surface area contributed by atoms with E-state index in [1.54, 1.807) is 13.2 Å². The summed E-state index contributed by atoms with van der Waals surface area (Å²) in [6.07, 6.45) is 3.22. The van der Waals surface area contributed by atoms with E-state index in [0.717, 1.165) is 10.0 Å². The van der Waals surface area contributed by atoms with Gasteiger partial charge >= 0.3 is 0 Å². The van der Waals surface area contributed by atoms with Gasteiger partial charge in [0.1, 0.15) is 5.82 Å². The van der Waals surface area contributed by atoms with Crippen LogP contribution in [-0.2, 0) is 11.2 Å². The first kappa shape index (κ1) is 13.9. The molecule has 0 aliphatic heterocycles. The summed E-state index contributed by atoms with van der Waals surface area (Å²) >= 11 is 3.38. The maximum atomic E-state index is 13.0. The van der Waals surface area contributed by atoms with Crippen LogP contribution in [0.15, 0.2) is 22.7 Å². The van der Waals surface area contributed by atoms with Crippen molar-refractivity contribution in [3.8, 4) is 0 Å². The lowest BCUT2D eigenvalue weighted by Crippen LogP contribution is -2.47. The molecule has 3 N–H and O–H groups in total. The molecule has 0 spiro atoms. The number of hydrogen-bond acceptors (Lipinski definition) is 3. The highest BCUT2D eigenvalue weighted by Gasteiger charge is 2.36. The molecule has 0 amide bonds. The SMILES string of the molecule is COC(C1CC1)C(Cc1ccc(F)cc1Br)NN. The molecular formula is C13H18BrFN2O. The van der Waals surface area contributed by atoms with Gasteiger partial charge in [-0.15, -0.1) is 0 Å². The first-order chi connectivity index (χ1) is 8.65. The van der Waals surface area contributed by atoms with Crippen LogP contribution in [0.5, 0.6) is 0 Å². The van der Waals surface area contributed by atoms with Gasteiger partial charge < -0.3 is 4.74 Å². The predicted molar refractivity (Wildman–Crippen MR) is 72.4 cm³/mol. The minimum atomic E-state index is -0.242. The molecule has 0 bridgehead atoms. The van der Waals surface area contributed by atoms with Crippen LogP contribution in [0.2, 0.25) is 0 Å². The molecule has 2 rings (SSSR count). The Morgan fingerprint density at radius 2 is 2.28 bits per heavy atom. The van der Waals surface area contributed by atoms with Crippen molar-refractivity contribution in [3.63, 3.8) is 0 Å². The number of hydrazine groups is 1. The van der Waals surface area contributed by atoms with E-state index in [9.17, 15) is 4.39 Å². The summed E-state index contributed by atoms with van der Waals surface area (Å²) in [5.74, 6) is 5.97. The van der Waals surface area contributed by atoms with Gasteiger partial charge in [-0.05, 0) is 42.9 Å². The number of benzene rings is 1. The van der Waals surface area contributed by atoms with E-state index in [-0.39, 0.29) is 18.0 Å².